The van der Waals surface area contributed by atoms with Crippen LogP contribution >= 0.6 is 21.6 Å². The quantitative estimate of drug-likeness (QED) is 0.560. The van der Waals surface area contributed by atoms with Gasteiger partial charge in [0.1, 0.15) is 0 Å². The molecule has 0 fully saturated rings. The number of rotatable bonds is 6. The zero-order chi connectivity index (χ0) is 11.9. The number of nitrogens with one attached hydrogen (secondary N) is 1. The molecule has 0 aromatic heterocycles. The summed E-state index contributed by atoms with van der Waals surface area (Å²) in [6, 6.07) is 0. The van der Waals surface area contributed by atoms with Crippen molar-refractivity contribution < 1.29 is 0 Å². The third-order valence-electron chi connectivity index (χ3n) is 1.86. The van der Waals surface area contributed by atoms with E-state index in [0.29, 0.717) is 5.41 Å². The Morgan fingerprint density at radius 1 is 0.867 bits per heavy atom. The molecule has 1 N–H and O–H groups in total. The molecule has 15 heavy (non-hydrogen) atoms. The van der Waals surface area contributed by atoms with Gasteiger partial charge in [0, 0.05) is 23.6 Å². The third kappa shape index (κ3) is 14.7. The fraction of sp³-hybridized carbons (Fsp3) is 1.00. The van der Waals surface area contributed by atoms with Gasteiger partial charge in [0.15, 0.2) is 0 Å². The first-order chi connectivity index (χ1) is 6.71. The van der Waals surface area contributed by atoms with Gasteiger partial charge in [-0.15, -0.1) is 0 Å². The predicted octanol–water partition coefficient (Wildman–Crippen LogP) is 4.19. The lowest BCUT2D eigenvalue weighted by molar-refractivity contribution is 0.402. The summed E-state index contributed by atoms with van der Waals surface area (Å²) in [6.07, 6.45) is 1.30. The zero-order valence-corrected chi connectivity index (χ0v) is 12.8. The summed E-state index contributed by atoms with van der Waals surface area (Å²) in [6.45, 7) is 14.7. The van der Waals surface area contributed by atoms with Crippen LogP contribution in [0.25, 0.3) is 0 Å². The zero-order valence-electron chi connectivity index (χ0n) is 11.1. The average molecular weight is 249 g/mol. The van der Waals surface area contributed by atoms with Gasteiger partial charge in [-0.1, -0.05) is 42.4 Å². The van der Waals surface area contributed by atoms with E-state index in [1.165, 1.54) is 17.9 Å². The Labute approximate surface area is 104 Å². The molecule has 0 heterocycles. The molecule has 92 valence electrons. The highest BCUT2D eigenvalue weighted by atomic mass is 33.1. The molecule has 0 atom stereocenters. The van der Waals surface area contributed by atoms with Crippen molar-refractivity contribution in [2.45, 2.75) is 53.5 Å². The van der Waals surface area contributed by atoms with E-state index < -0.39 is 0 Å². The Hall–Kier alpha value is 0.660. The minimum Gasteiger partial charge on any atom is -0.311 e. The Kier molecular flexibility index (Phi) is 7.39. The highest BCUT2D eigenvalue weighted by Crippen LogP contribution is 2.27. The van der Waals surface area contributed by atoms with Crippen LogP contribution in [0.5, 0.6) is 0 Å². The first-order valence-corrected chi connectivity index (χ1v) is 8.19. The molecule has 0 aromatic rings. The van der Waals surface area contributed by atoms with E-state index >= 15 is 0 Å². The van der Waals surface area contributed by atoms with Crippen LogP contribution in [0.3, 0.4) is 0 Å². The van der Waals surface area contributed by atoms with Crippen LogP contribution in [0.15, 0.2) is 0 Å². The van der Waals surface area contributed by atoms with Gasteiger partial charge >= 0.3 is 0 Å². The van der Waals surface area contributed by atoms with E-state index in [9.17, 15) is 0 Å². The van der Waals surface area contributed by atoms with Gasteiger partial charge in [-0.25, -0.2) is 0 Å². The van der Waals surface area contributed by atoms with Crippen LogP contribution in [-0.2, 0) is 0 Å². The SMILES string of the molecule is CC(C)(C)CCSSCCNC(C)(C)C. The van der Waals surface area contributed by atoms with Crippen molar-refractivity contribution in [3.63, 3.8) is 0 Å². The molecule has 3 heteroatoms. The second kappa shape index (κ2) is 7.08. The van der Waals surface area contributed by atoms with E-state index in [1.54, 1.807) is 0 Å². The molecule has 0 aliphatic rings. The monoisotopic (exact) mass is 249 g/mol. The van der Waals surface area contributed by atoms with Crippen LogP contribution in [0.1, 0.15) is 48.0 Å². The van der Waals surface area contributed by atoms with Gasteiger partial charge in [0.25, 0.3) is 0 Å². The van der Waals surface area contributed by atoms with Crippen molar-refractivity contribution in [1.29, 1.82) is 0 Å². The van der Waals surface area contributed by atoms with Crippen molar-refractivity contribution in [3.05, 3.63) is 0 Å². The van der Waals surface area contributed by atoms with Crippen molar-refractivity contribution in [1.82, 2.24) is 5.32 Å². The van der Waals surface area contributed by atoms with E-state index in [1.807, 2.05) is 21.6 Å². The summed E-state index contributed by atoms with van der Waals surface area (Å²) in [4.78, 5) is 0. The van der Waals surface area contributed by atoms with Crippen LogP contribution in [0.4, 0.5) is 0 Å². The van der Waals surface area contributed by atoms with Crippen molar-refractivity contribution >= 4 is 21.6 Å². The number of hydrogen-bond acceptors (Lipinski definition) is 3. The number of hydrogen-bond donors (Lipinski definition) is 1. The van der Waals surface area contributed by atoms with Crippen LogP contribution in [0.2, 0.25) is 0 Å². The molecule has 0 aromatic carbocycles. The maximum absolute atomic E-state index is 3.49. The van der Waals surface area contributed by atoms with Crippen molar-refractivity contribution in [2.24, 2.45) is 5.41 Å². The maximum atomic E-state index is 3.49. The van der Waals surface area contributed by atoms with Gasteiger partial charge in [-0.05, 0) is 32.6 Å². The van der Waals surface area contributed by atoms with Crippen LogP contribution < -0.4 is 5.32 Å². The lowest BCUT2D eigenvalue weighted by Gasteiger charge is -2.20. The second-order valence-corrected chi connectivity index (χ2v) is 8.83. The van der Waals surface area contributed by atoms with Gasteiger partial charge < -0.3 is 5.32 Å². The molecular formula is C12H27NS2. The first kappa shape index (κ1) is 15.7. The Bertz CT molecular complexity index is 138. The highest BCUT2D eigenvalue weighted by molar-refractivity contribution is 8.76. The lowest BCUT2D eigenvalue weighted by Crippen LogP contribution is -2.37. The minimum atomic E-state index is 0.261. The summed E-state index contributed by atoms with van der Waals surface area (Å²) in [5.74, 6) is 2.47. The van der Waals surface area contributed by atoms with Crippen LogP contribution in [0, 0.1) is 5.41 Å². The summed E-state index contributed by atoms with van der Waals surface area (Å²) in [7, 11) is 4.00. The van der Waals surface area contributed by atoms with E-state index in [-0.39, 0.29) is 5.54 Å². The van der Waals surface area contributed by atoms with Gasteiger partial charge in [0.05, 0.1) is 0 Å². The summed E-state index contributed by atoms with van der Waals surface area (Å²) < 4.78 is 0. The largest absolute Gasteiger partial charge is 0.311 e. The molecule has 1 nitrogen and oxygen atoms in total. The minimum absolute atomic E-state index is 0.261. The van der Waals surface area contributed by atoms with Gasteiger partial charge in [-0.2, -0.15) is 0 Å². The molecule has 0 rings (SSSR count). The fourth-order valence-corrected chi connectivity index (χ4v) is 3.26. The summed E-state index contributed by atoms with van der Waals surface area (Å²) in [5, 5.41) is 3.49. The standard InChI is InChI=1S/C12H27NS2/c1-11(2,3)7-9-14-15-10-8-13-12(4,5)6/h13H,7-10H2,1-6H3. The molecule has 0 saturated heterocycles. The molecule has 0 unspecified atom stereocenters. The predicted molar refractivity (Wildman–Crippen MR) is 76.7 cm³/mol. The fourth-order valence-electron chi connectivity index (χ4n) is 0.933. The van der Waals surface area contributed by atoms with Crippen molar-refractivity contribution in [3.8, 4) is 0 Å². The van der Waals surface area contributed by atoms with Gasteiger partial charge in [0.2, 0.25) is 0 Å². The van der Waals surface area contributed by atoms with E-state index in [4.69, 9.17) is 0 Å². The van der Waals surface area contributed by atoms with Crippen molar-refractivity contribution in [2.75, 3.05) is 18.1 Å². The van der Waals surface area contributed by atoms with Crippen LogP contribution in [-0.4, -0.2) is 23.6 Å². The smallest absolute Gasteiger partial charge is 0.0163 e. The Morgan fingerprint density at radius 2 is 1.40 bits per heavy atom. The first-order valence-electron chi connectivity index (χ1n) is 5.70. The lowest BCUT2D eigenvalue weighted by atomic mass is 9.94. The molecule has 0 bridgehead atoms. The van der Waals surface area contributed by atoms with E-state index in [2.05, 4.69) is 46.9 Å². The Balaban J connectivity index is 3.20. The average Bonchev–Trinajstić information content (AvgIpc) is 1.98. The molecular weight excluding hydrogens is 222 g/mol. The normalized spacial score (nSPS) is 13.2. The molecule has 0 aliphatic heterocycles. The maximum Gasteiger partial charge on any atom is 0.0163 e. The third-order valence-corrected chi connectivity index (χ3v) is 4.27. The molecule has 0 amide bonds. The molecule has 0 aliphatic carbocycles. The highest BCUT2D eigenvalue weighted by Gasteiger charge is 2.10. The Morgan fingerprint density at radius 3 is 1.87 bits per heavy atom. The molecule has 0 saturated carbocycles. The molecule has 0 spiro atoms. The topological polar surface area (TPSA) is 12.0 Å². The van der Waals surface area contributed by atoms with E-state index in [0.717, 1.165) is 6.54 Å². The summed E-state index contributed by atoms with van der Waals surface area (Å²) >= 11 is 0. The van der Waals surface area contributed by atoms with Gasteiger partial charge in [-0.3, -0.25) is 0 Å². The second-order valence-electron chi connectivity index (χ2n) is 6.13. The summed E-state index contributed by atoms with van der Waals surface area (Å²) in [5.41, 5.74) is 0.744. The molecule has 0 radical (unpaired) electrons.